The van der Waals surface area contributed by atoms with Crippen LogP contribution in [0.1, 0.15) is 12.5 Å². The summed E-state index contributed by atoms with van der Waals surface area (Å²) in [6.07, 6.45) is 0. The van der Waals surface area contributed by atoms with Gasteiger partial charge < -0.3 is 14.2 Å². The lowest BCUT2D eigenvalue weighted by Crippen LogP contribution is -2.09. The van der Waals surface area contributed by atoms with Crippen LogP contribution in [0.4, 0.5) is 0 Å². The molecule has 0 radical (unpaired) electrons. The fourth-order valence-corrected chi connectivity index (χ4v) is 2.68. The average Bonchev–Trinajstić information content (AvgIpc) is 2.46. The number of rotatable bonds is 7. The van der Waals surface area contributed by atoms with Gasteiger partial charge in [-0.05, 0) is 66.3 Å². The average molecular weight is 398 g/mol. The molecule has 0 fully saturated rings. The van der Waals surface area contributed by atoms with E-state index in [1.54, 1.807) is 0 Å². The molecular weight excluding hydrogens is 379 g/mol. The minimum Gasteiger partial charge on any atom is -0.494 e. The van der Waals surface area contributed by atoms with Crippen molar-refractivity contribution in [2.45, 2.75) is 13.8 Å². The lowest BCUT2D eigenvalue weighted by atomic mass is 10.2. The number of benzene rings is 2. The molecule has 0 unspecified atom stereocenters. The van der Waals surface area contributed by atoms with Gasteiger partial charge in [-0.2, -0.15) is 0 Å². The second-order valence-electron chi connectivity index (χ2n) is 4.54. The molecule has 0 spiro atoms. The van der Waals surface area contributed by atoms with Crippen LogP contribution in [-0.4, -0.2) is 19.8 Å². The van der Waals surface area contributed by atoms with Crippen LogP contribution in [0.15, 0.2) is 42.5 Å². The van der Waals surface area contributed by atoms with Crippen molar-refractivity contribution in [2.75, 3.05) is 19.8 Å². The normalized spacial score (nSPS) is 10.2. The van der Waals surface area contributed by atoms with Gasteiger partial charge in [0.1, 0.15) is 30.5 Å². The Bertz CT molecular complexity index is 584. The van der Waals surface area contributed by atoms with Crippen molar-refractivity contribution in [2.24, 2.45) is 0 Å². The highest BCUT2D eigenvalue weighted by molar-refractivity contribution is 14.1. The van der Waals surface area contributed by atoms with Gasteiger partial charge >= 0.3 is 0 Å². The van der Waals surface area contributed by atoms with E-state index in [2.05, 4.69) is 35.6 Å². The molecule has 0 saturated heterocycles. The Morgan fingerprint density at radius 1 is 0.905 bits per heavy atom. The summed E-state index contributed by atoms with van der Waals surface area (Å²) >= 11 is 2.28. The molecule has 0 bridgehead atoms. The first-order valence-electron chi connectivity index (χ1n) is 6.93. The summed E-state index contributed by atoms with van der Waals surface area (Å²) in [6.45, 7) is 5.70. The molecule has 2 rings (SSSR count). The number of hydrogen-bond donors (Lipinski definition) is 0. The highest BCUT2D eigenvalue weighted by Crippen LogP contribution is 2.22. The largest absolute Gasteiger partial charge is 0.494 e. The van der Waals surface area contributed by atoms with E-state index in [1.165, 1.54) is 5.56 Å². The molecule has 3 nitrogen and oxygen atoms in total. The first-order valence-corrected chi connectivity index (χ1v) is 8.01. The third-order valence-electron chi connectivity index (χ3n) is 2.81. The van der Waals surface area contributed by atoms with Gasteiger partial charge in [0.25, 0.3) is 0 Å². The van der Waals surface area contributed by atoms with Crippen molar-refractivity contribution < 1.29 is 14.2 Å². The van der Waals surface area contributed by atoms with Crippen molar-refractivity contribution in [1.82, 2.24) is 0 Å². The molecule has 0 aliphatic rings. The fourth-order valence-electron chi connectivity index (χ4n) is 1.85. The Kier molecular flexibility index (Phi) is 6.17. The van der Waals surface area contributed by atoms with Crippen molar-refractivity contribution in [3.8, 4) is 17.2 Å². The molecule has 21 heavy (non-hydrogen) atoms. The maximum absolute atomic E-state index is 5.73. The Labute approximate surface area is 139 Å². The van der Waals surface area contributed by atoms with E-state index < -0.39 is 0 Å². The third kappa shape index (κ3) is 5.12. The summed E-state index contributed by atoms with van der Waals surface area (Å²) in [5, 5.41) is 0. The Balaban J connectivity index is 1.80. The first kappa shape index (κ1) is 15.9. The monoisotopic (exact) mass is 398 g/mol. The summed E-state index contributed by atoms with van der Waals surface area (Å²) in [5.41, 5.74) is 1.23. The SMILES string of the molecule is CCOc1cccc(OCCOc2ccc(C)cc2I)c1. The summed E-state index contributed by atoms with van der Waals surface area (Å²) in [4.78, 5) is 0. The van der Waals surface area contributed by atoms with Gasteiger partial charge in [-0.15, -0.1) is 0 Å². The molecule has 0 atom stereocenters. The van der Waals surface area contributed by atoms with Crippen molar-refractivity contribution in [1.29, 1.82) is 0 Å². The number of aryl methyl sites for hydroxylation is 1. The predicted molar refractivity (Wildman–Crippen MR) is 92.5 cm³/mol. The summed E-state index contributed by atoms with van der Waals surface area (Å²) in [7, 11) is 0. The maximum Gasteiger partial charge on any atom is 0.132 e. The van der Waals surface area contributed by atoms with E-state index in [4.69, 9.17) is 14.2 Å². The minimum atomic E-state index is 0.500. The first-order chi connectivity index (χ1) is 10.2. The number of ether oxygens (including phenoxy) is 3. The van der Waals surface area contributed by atoms with Crippen LogP contribution in [0, 0.1) is 10.5 Å². The van der Waals surface area contributed by atoms with Gasteiger partial charge in [-0.3, -0.25) is 0 Å². The summed E-state index contributed by atoms with van der Waals surface area (Å²) < 4.78 is 18.0. The van der Waals surface area contributed by atoms with Crippen molar-refractivity contribution in [3.05, 3.63) is 51.6 Å². The summed E-state index contributed by atoms with van der Waals surface area (Å²) in [5.74, 6) is 2.51. The highest BCUT2D eigenvalue weighted by atomic mass is 127. The van der Waals surface area contributed by atoms with Crippen LogP contribution in [0.3, 0.4) is 0 Å². The van der Waals surface area contributed by atoms with E-state index in [-0.39, 0.29) is 0 Å². The molecule has 0 heterocycles. The van der Waals surface area contributed by atoms with Gasteiger partial charge in [0.15, 0.2) is 0 Å². The van der Waals surface area contributed by atoms with Gasteiger partial charge in [0, 0.05) is 6.07 Å². The zero-order chi connectivity index (χ0) is 15.1. The molecule has 2 aromatic rings. The van der Waals surface area contributed by atoms with Crippen molar-refractivity contribution >= 4 is 22.6 Å². The zero-order valence-electron chi connectivity index (χ0n) is 12.3. The Morgan fingerprint density at radius 2 is 1.62 bits per heavy atom. The predicted octanol–water partition coefficient (Wildman–Crippen LogP) is 4.46. The molecule has 0 aliphatic heterocycles. The van der Waals surface area contributed by atoms with E-state index in [0.29, 0.717) is 19.8 Å². The van der Waals surface area contributed by atoms with E-state index in [1.807, 2.05) is 43.3 Å². The Hall–Kier alpha value is -1.43. The molecular formula is C17H19IO3. The van der Waals surface area contributed by atoms with Gasteiger partial charge in [0.05, 0.1) is 10.2 Å². The zero-order valence-corrected chi connectivity index (χ0v) is 14.4. The Morgan fingerprint density at radius 3 is 2.33 bits per heavy atom. The molecule has 2 aromatic carbocycles. The van der Waals surface area contributed by atoms with Gasteiger partial charge in [-0.1, -0.05) is 12.1 Å². The minimum absolute atomic E-state index is 0.500. The molecule has 0 amide bonds. The molecule has 0 aromatic heterocycles. The lowest BCUT2D eigenvalue weighted by molar-refractivity contribution is 0.215. The number of hydrogen-bond acceptors (Lipinski definition) is 3. The van der Waals surface area contributed by atoms with Crippen LogP contribution < -0.4 is 14.2 Å². The highest BCUT2D eigenvalue weighted by Gasteiger charge is 2.02. The smallest absolute Gasteiger partial charge is 0.132 e. The van der Waals surface area contributed by atoms with Crippen molar-refractivity contribution in [3.63, 3.8) is 0 Å². The van der Waals surface area contributed by atoms with Crippen LogP contribution in [0.25, 0.3) is 0 Å². The quantitative estimate of drug-likeness (QED) is 0.509. The maximum atomic E-state index is 5.73. The molecule has 4 heteroatoms. The van der Waals surface area contributed by atoms with E-state index in [0.717, 1.165) is 20.8 Å². The van der Waals surface area contributed by atoms with E-state index >= 15 is 0 Å². The third-order valence-corrected chi connectivity index (χ3v) is 3.66. The van der Waals surface area contributed by atoms with Crippen LogP contribution >= 0.6 is 22.6 Å². The molecule has 0 aliphatic carbocycles. The topological polar surface area (TPSA) is 27.7 Å². The molecule has 0 N–H and O–H groups in total. The van der Waals surface area contributed by atoms with E-state index in [9.17, 15) is 0 Å². The second-order valence-corrected chi connectivity index (χ2v) is 5.70. The number of halogens is 1. The van der Waals surface area contributed by atoms with Crippen LogP contribution in [-0.2, 0) is 0 Å². The standard InChI is InChI=1S/C17H19IO3/c1-3-19-14-5-4-6-15(12-14)20-9-10-21-17-8-7-13(2)11-16(17)18/h4-8,11-12H,3,9-10H2,1-2H3. The van der Waals surface area contributed by atoms with Gasteiger partial charge in [-0.25, -0.2) is 0 Å². The van der Waals surface area contributed by atoms with Crippen LogP contribution in [0.2, 0.25) is 0 Å². The van der Waals surface area contributed by atoms with Crippen LogP contribution in [0.5, 0.6) is 17.2 Å². The summed E-state index contributed by atoms with van der Waals surface area (Å²) in [6, 6.07) is 13.8. The fraction of sp³-hybridized carbons (Fsp3) is 0.294. The lowest BCUT2D eigenvalue weighted by Gasteiger charge is -2.11. The van der Waals surface area contributed by atoms with Gasteiger partial charge in [0.2, 0.25) is 0 Å². The molecule has 0 saturated carbocycles. The second kappa shape index (κ2) is 8.12. The molecule has 112 valence electrons.